The predicted molar refractivity (Wildman–Crippen MR) is 177 cm³/mol. The Morgan fingerprint density at radius 1 is 0.894 bits per heavy atom. The maximum Gasteiger partial charge on any atom is 0.317 e. The van der Waals surface area contributed by atoms with Crippen LogP contribution in [0.1, 0.15) is 51.3 Å². The summed E-state index contributed by atoms with van der Waals surface area (Å²) in [6.07, 6.45) is 0.316. The quantitative estimate of drug-likeness (QED) is 0.316. The number of rotatable bonds is 12. The van der Waals surface area contributed by atoms with Gasteiger partial charge in [0, 0.05) is 46.7 Å². The molecule has 0 unspecified atom stereocenters. The van der Waals surface area contributed by atoms with Gasteiger partial charge < -0.3 is 30.6 Å². The van der Waals surface area contributed by atoms with Crippen molar-refractivity contribution in [3.05, 3.63) is 65.0 Å². The van der Waals surface area contributed by atoms with Crippen molar-refractivity contribution >= 4 is 23.7 Å². The number of carbonyl (C=O) groups is 4. The molecule has 0 aromatic heterocycles. The monoisotopic (exact) mass is 655 g/mol. The van der Waals surface area contributed by atoms with E-state index in [1.165, 1.54) is 29.0 Å². The number of likely N-dealkylation sites (N-methyl/N-ethyl adjacent to an activating group) is 2. The summed E-state index contributed by atoms with van der Waals surface area (Å²) < 4.78 is 13.4. The van der Waals surface area contributed by atoms with Crippen molar-refractivity contribution in [2.75, 3.05) is 46.8 Å². The molecule has 47 heavy (non-hydrogen) atoms. The van der Waals surface area contributed by atoms with Crippen molar-refractivity contribution < 1.29 is 33.8 Å². The second-order valence-electron chi connectivity index (χ2n) is 13.8. The number of nitrogens with zero attached hydrogens (tertiary/aromatic N) is 4. The van der Waals surface area contributed by atoms with Crippen molar-refractivity contribution in [1.82, 2.24) is 19.6 Å². The molecule has 3 atom stereocenters. The van der Waals surface area contributed by atoms with Crippen molar-refractivity contribution in [2.45, 2.75) is 71.0 Å². The number of phenols is 1. The standard InChI is InChI=1S/C35H50FN5O6/c1-22(2)31(39(7)32(45)27(37)19-23-8-11-25(36)12-9-23)34(47)38(6)28(20-24-10-13-29(42)26(18-24)35(3,4)5)33(46)41-16-14-40(15-17-41)21-30(43)44/h8-13,18,22,27-28,31,42H,14-17,19-21,37H2,1-7H3,(H,43,44)/t27-,28-,31-/m0/s1. The number of carboxylic acids is 1. The summed E-state index contributed by atoms with van der Waals surface area (Å²) in [5.74, 6) is -2.69. The topological polar surface area (TPSA) is 148 Å². The van der Waals surface area contributed by atoms with Gasteiger partial charge in [0.05, 0.1) is 12.6 Å². The van der Waals surface area contributed by atoms with Gasteiger partial charge in [0.2, 0.25) is 17.7 Å². The molecule has 1 heterocycles. The fraction of sp³-hybridized carbons (Fsp3) is 0.543. The molecule has 1 aliphatic heterocycles. The minimum absolute atomic E-state index is 0.118. The molecule has 258 valence electrons. The highest BCUT2D eigenvalue weighted by Crippen LogP contribution is 2.32. The average molecular weight is 656 g/mol. The molecule has 1 saturated heterocycles. The van der Waals surface area contributed by atoms with Gasteiger partial charge in [-0.15, -0.1) is 0 Å². The van der Waals surface area contributed by atoms with E-state index < -0.39 is 41.7 Å². The number of carbonyl (C=O) groups excluding carboxylic acids is 3. The molecule has 12 heteroatoms. The molecule has 0 radical (unpaired) electrons. The van der Waals surface area contributed by atoms with Crippen LogP contribution in [0.15, 0.2) is 42.5 Å². The first-order valence-electron chi connectivity index (χ1n) is 16.0. The number of carboxylic acid groups (broad SMARTS) is 1. The van der Waals surface area contributed by atoms with Crippen LogP contribution in [0.25, 0.3) is 0 Å². The van der Waals surface area contributed by atoms with Crippen LogP contribution in [0.5, 0.6) is 5.75 Å². The largest absolute Gasteiger partial charge is 0.508 e. The highest BCUT2D eigenvalue weighted by atomic mass is 19.1. The number of phenolic OH excluding ortho intramolecular Hbond substituents is 1. The molecule has 0 bridgehead atoms. The highest BCUT2D eigenvalue weighted by molar-refractivity contribution is 5.93. The molecule has 1 aliphatic rings. The van der Waals surface area contributed by atoms with Gasteiger partial charge in [-0.25, -0.2) is 4.39 Å². The molecule has 2 aromatic carbocycles. The van der Waals surface area contributed by atoms with E-state index in [9.17, 15) is 33.8 Å². The second-order valence-corrected chi connectivity index (χ2v) is 13.8. The van der Waals surface area contributed by atoms with E-state index in [0.717, 1.165) is 5.56 Å². The summed E-state index contributed by atoms with van der Waals surface area (Å²) in [7, 11) is 3.08. The smallest absolute Gasteiger partial charge is 0.317 e. The number of hydrogen-bond donors (Lipinski definition) is 3. The lowest BCUT2D eigenvalue weighted by molar-refractivity contribution is -0.152. The summed E-state index contributed by atoms with van der Waals surface area (Å²) in [5.41, 5.74) is 8.05. The van der Waals surface area contributed by atoms with Crippen LogP contribution < -0.4 is 5.73 Å². The number of hydrogen-bond acceptors (Lipinski definition) is 7. The summed E-state index contributed by atoms with van der Waals surface area (Å²) in [6, 6.07) is 8.05. The maximum absolute atomic E-state index is 14.3. The minimum atomic E-state index is -0.975. The van der Waals surface area contributed by atoms with Gasteiger partial charge in [-0.05, 0) is 52.6 Å². The number of halogens is 1. The number of aliphatic carboxylic acids is 1. The summed E-state index contributed by atoms with van der Waals surface area (Å²) >= 11 is 0. The number of nitrogens with two attached hydrogens (primary N) is 1. The maximum atomic E-state index is 14.3. The van der Waals surface area contributed by atoms with Crippen molar-refractivity contribution in [2.24, 2.45) is 11.7 Å². The predicted octanol–water partition coefficient (Wildman–Crippen LogP) is 2.48. The first-order chi connectivity index (χ1) is 21.9. The molecule has 4 N–H and O–H groups in total. The van der Waals surface area contributed by atoms with E-state index in [1.54, 1.807) is 41.1 Å². The minimum Gasteiger partial charge on any atom is -0.508 e. The van der Waals surface area contributed by atoms with Crippen LogP contribution in [0.2, 0.25) is 0 Å². The van der Waals surface area contributed by atoms with E-state index in [0.29, 0.717) is 37.3 Å². The van der Waals surface area contributed by atoms with E-state index in [1.807, 2.05) is 40.7 Å². The van der Waals surface area contributed by atoms with Gasteiger partial charge >= 0.3 is 5.97 Å². The first kappa shape index (κ1) is 37.4. The lowest BCUT2D eigenvalue weighted by Gasteiger charge is -2.40. The zero-order valence-corrected chi connectivity index (χ0v) is 28.6. The zero-order chi connectivity index (χ0) is 35.2. The van der Waals surface area contributed by atoms with Gasteiger partial charge in [0.25, 0.3) is 0 Å². The normalized spacial score (nSPS) is 16.0. The summed E-state index contributed by atoms with van der Waals surface area (Å²) in [6.45, 7) is 10.8. The molecule has 2 aromatic rings. The van der Waals surface area contributed by atoms with E-state index in [4.69, 9.17) is 5.73 Å². The molecule has 3 amide bonds. The zero-order valence-electron chi connectivity index (χ0n) is 28.6. The lowest BCUT2D eigenvalue weighted by Crippen LogP contribution is -2.60. The van der Waals surface area contributed by atoms with Gasteiger partial charge in [-0.3, -0.25) is 24.1 Å². The van der Waals surface area contributed by atoms with Gasteiger partial charge in [0.1, 0.15) is 23.7 Å². The molecule has 0 saturated carbocycles. The Balaban J connectivity index is 1.90. The third-order valence-corrected chi connectivity index (χ3v) is 8.78. The van der Waals surface area contributed by atoms with Crippen LogP contribution in [-0.2, 0) is 37.4 Å². The molecular formula is C35H50FN5O6. The Morgan fingerprint density at radius 3 is 2.00 bits per heavy atom. The average Bonchev–Trinajstić information content (AvgIpc) is 3.00. The molecular weight excluding hydrogens is 605 g/mol. The van der Waals surface area contributed by atoms with Crippen molar-refractivity contribution in [3.63, 3.8) is 0 Å². The first-order valence-corrected chi connectivity index (χ1v) is 16.0. The number of benzene rings is 2. The fourth-order valence-corrected chi connectivity index (χ4v) is 6.07. The number of piperazine rings is 1. The van der Waals surface area contributed by atoms with Crippen molar-refractivity contribution in [3.8, 4) is 5.75 Å². The Bertz CT molecular complexity index is 1420. The highest BCUT2D eigenvalue weighted by Gasteiger charge is 2.39. The molecule has 0 aliphatic carbocycles. The fourth-order valence-electron chi connectivity index (χ4n) is 6.07. The Hall–Kier alpha value is -4.03. The summed E-state index contributed by atoms with van der Waals surface area (Å²) in [4.78, 5) is 59.3. The third kappa shape index (κ3) is 9.74. The molecule has 1 fully saturated rings. The molecule has 11 nitrogen and oxygen atoms in total. The van der Waals surface area contributed by atoms with Gasteiger partial charge in [-0.2, -0.15) is 0 Å². The van der Waals surface area contributed by atoms with Crippen LogP contribution in [0.3, 0.4) is 0 Å². The van der Waals surface area contributed by atoms with E-state index in [-0.39, 0.29) is 42.4 Å². The van der Waals surface area contributed by atoms with Crippen molar-refractivity contribution in [1.29, 1.82) is 0 Å². The van der Waals surface area contributed by atoms with E-state index >= 15 is 0 Å². The second kappa shape index (κ2) is 15.7. The van der Waals surface area contributed by atoms with Gasteiger partial charge in [-0.1, -0.05) is 58.9 Å². The Kier molecular flexibility index (Phi) is 12.5. The molecule has 0 spiro atoms. The van der Waals surface area contributed by atoms with Crippen LogP contribution >= 0.6 is 0 Å². The third-order valence-electron chi connectivity index (χ3n) is 8.78. The molecule has 3 rings (SSSR count). The number of amides is 3. The van der Waals surface area contributed by atoms with Crippen LogP contribution in [0.4, 0.5) is 4.39 Å². The van der Waals surface area contributed by atoms with E-state index in [2.05, 4.69) is 0 Å². The van der Waals surface area contributed by atoms with Gasteiger partial charge in [0.15, 0.2) is 0 Å². The lowest BCUT2D eigenvalue weighted by atomic mass is 9.84. The Labute approximate surface area is 277 Å². The summed E-state index contributed by atoms with van der Waals surface area (Å²) in [5, 5.41) is 19.7. The Morgan fingerprint density at radius 2 is 1.47 bits per heavy atom. The van der Waals surface area contributed by atoms with Crippen LogP contribution in [0, 0.1) is 11.7 Å². The number of aromatic hydroxyl groups is 1. The van der Waals surface area contributed by atoms with Crippen LogP contribution in [-0.4, -0.2) is 118 Å². The SMILES string of the molecule is CC(C)[C@@H](C(=O)N(C)[C@@H](Cc1ccc(O)c(C(C)(C)C)c1)C(=O)N1CCN(CC(=O)O)CC1)N(C)C(=O)[C@@H](N)Cc1ccc(F)cc1.